The van der Waals surface area contributed by atoms with Crippen LogP contribution < -0.4 is 15.4 Å². The van der Waals surface area contributed by atoms with E-state index in [0.717, 1.165) is 16.8 Å². The maximum atomic E-state index is 12.0. The Morgan fingerprint density at radius 2 is 1.71 bits per heavy atom. The molecular formula is C18H20N2O4. The van der Waals surface area contributed by atoms with Crippen LogP contribution >= 0.6 is 0 Å². The maximum absolute atomic E-state index is 12.0. The van der Waals surface area contributed by atoms with Crippen molar-refractivity contribution < 1.29 is 19.1 Å². The summed E-state index contributed by atoms with van der Waals surface area (Å²) in [6.07, 6.45) is -0.545. The van der Waals surface area contributed by atoms with Crippen LogP contribution in [0.15, 0.2) is 42.5 Å². The van der Waals surface area contributed by atoms with E-state index in [4.69, 9.17) is 4.74 Å². The number of hydrogen-bond acceptors (Lipinski definition) is 4. The number of ether oxygens (including phenoxy) is 2. The van der Waals surface area contributed by atoms with Gasteiger partial charge in [0.1, 0.15) is 5.75 Å². The number of rotatable bonds is 5. The van der Waals surface area contributed by atoms with Gasteiger partial charge in [-0.3, -0.25) is 10.1 Å². The summed E-state index contributed by atoms with van der Waals surface area (Å²) < 4.78 is 9.94. The van der Waals surface area contributed by atoms with Gasteiger partial charge < -0.3 is 14.8 Å². The number of carbonyl (C=O) groups excluding carboxylic acids is 2. The number of aryl methyl sites for hydroxylation is 2. The molecule has 126 valence electrons. The summed E-state index contributed by atoms with van der Waals surface area (Å²) in [6.45, 7) is 3.84. The molecule has 0 bridgehead atoms. The molecule has 24 heavy (non-hydrogen) atoms. The first-order valence-corrected chi connectivity index (χ1v) is 7.43. The number of nitrogens with one attached hydrogen (secondary N) is 2. The van der Waals surface area contributed by atoms with E-state index in [9.17, 15) is 9.59 Å². The second kappa shape index (κ2) is 8.01. The molecular weight excluding hydrogens is 308 g/mol. The highest BCUT2D eigenvalue weighted by Gasteiger charge is 2.06. The zero-order chi connectivity index (χ0) is 17.5. The van der Waals surface area contributed by atoms with Crippen LogP contribution in [0, 0.1) is 13.8 Å². The Kier molecular flexibility index (Phi) is 5.78. The van der Waals surface area contributed by atoms with Crippen molar-refractivity contribution in [2.24, 2.45) is 0 Å². The molecule has 2 N–H and O–H groups in total. The Labute approximate surface area is 140 Å². The molecule has 0 heterocycles. The van der Waals surface area contributed by atoms with Gasteiger partial charge in [-0.15, -0.1) is 0 Å². The van der Waals surface area contributed by atoms with Crippen molar-refractivity contribution in [3.8, 4) is 5.75 Å². The number of benzene rings is 2. The fourth-order valence-corrected chi connectivity index (χ4v) is 2.09. The molecule has 0 aliphatic rings. The van der Waals surface area contributed by atoms with Crippen LogP contribution in [0.4, 0.5) is 16.2 Å². The molecule has 0 aromatic heterocycles. The molecule has 0 atom stereocenters. The largest absolute Gasteiger partial charge is 0.484 e. The molecule has 2 aromatic rings. The maximum Gasteiger partial charge on any atom is 0.411 e. The third-order valence-electron chi connectivity index (χ3n) is 3.31. The Balaban J connectivity index is 1.86. The summed E-state index contributed by atoms with van der Waals surface area (Å²) in [7, 11) is 1.29. The SMILES string of the molecule is COC(=O)Nc1ccc(OCC(=O)Nc2ccc(C)cc2C)cc1. The minimum Gasteiger partial charge on any atom is -0.484 e. The third-order valence-corrected chi connectivity index (χ3v) is 3.31. The van der Waals surface area contributed by atoms with Crippen molar-refractivity contribution in [3.05, 3.63) is 53.6 Å². The molecule has 2 amide bonds. The van der Waals surface area contributed by atoms with E-state index < -0.39 is 6.09 Å². The summed E-state index contributed by atoms with van der Waals surface area (Å²) in [5, 5.41) is 5.35. The van der Waals surface area contributed by atoms with Gasteiger partial charge in [0.25, 0.3) is 5.91 Å². The van der Waals surface area contributed by atoms with E-state index in [2.05, 4.69) is 15.4 Å². The lowest BCUT2D eigenvalue weighted by Crippen LogP contribution is -2.20. The zero-order valence-corrected chi connectivity index (χ0v) is 13.9. The number of anilines is 2. The molecule has 0 saturated carbocycles. The van der Waals surface area contributed by atoms with Crippen molar-refractivity contribution in [1.29, 1.82) is 0 Å². The molecule has 6 heteroatoms. The van der Waals surface area contributed by atoms with Crippen LogP contribution in [-0.4, -0.2) is 25.7 Å². The quantitative estimate of drug-likeness (QED) is 0.881. The van der Waals surface area contributed by atoms with Crippen molar-refractivity contribution in [2.75, 3.05) is 24.4 Å². The van der Waals surface area contributed by atoms with Crippen LogP contribution in [0.25, 0.3) is 0 Å². The van der Waals surface area contributed by atoms with Gasteiger partial charge >= 0.3 is 6.09 Å². The van der Waals surface area contributed by atoms with E-state index in [1.54, 1.807) is 24.3 Å². The lowest BCUT2D eigenvalue weighted by atomic mass is 10.1. The summed E-state index contributed by atoms with van der Waals surface area (Å²) >= 11 is 0. The van der Waals surface area contributed by atoms with Crippen LogP contribution in [0.5, 0.6) is 5.75 Å². The summed E-state index contributed by atoms with van der Waals surface area (Å²) in [4.78, 5) is 23.1. The van der Waals surface area contributed by atoms with Crippen LogP contribution in [0.3, 0.4) is 0 Å². The van der Waals surface area contributed by atoms with Crippen LogP contribution in [0.1, 0.15) is 11.1 Å². The molecule has 2 aromatic carbocycles. The molecule has 0 unspecified atom stereocenters. The summed E-state index contributed by atoms with van der Waals surface area (Å²) in [6, 6.07) is 12.5. The van der Waals surface area contributed by atoms with E-state index in [1.807, 2.05) is 32.0 Å². The number of carbonyl (C=O) groups is 2. The molecule has 2 rings (SSSR count). The molecule has 6 nitrogen and oxygen atoms in total. The Bertz CT molecular complexity index is 726. The van der Waals surface area contributed by atoms with E-state index in [1.165, 1.54) is 7.11 Å². The number of methoxy groups -OCH3 is 1. The average molecular weight is 328 g/mol. The Morgan fingerprint density at radius 1 is 1.00 bits per heavy atom. The number of hydrogen-bond donors (Lipinski definition) is 2. The zero-order valence-electron chi connectivity index (χ0n) is 13.9. The van der Waals surface area contributed by atoms with E-state index >= 15 is 0 Å². The van der Waals surface area contributed by atoms with E-state index in [0.29, 0.717) is 11.4 Å². The monoisotopic (exact) mass is 328 g/mol. The van der Waals surface area contributed by atoms with Crippen molar-refractivity contribution in [1.82, 2.24) is 0 Å². The first-order chi connectivity index (χ1) is 11.5. The standard InChI is InChI=1S/C18H20N2O4/c1-12-4-9-16(13(2)10-12)20-17(21)11-24-15-7-5-14(6-8-15)19-18(22)23-3/h4-10H,11H2,1-3H3,(H,19,22)(H,20,21). The Morgan fingerprint density at radius 3 is 2.33 bits per heavy atom. The highest BCUT2D eigenvalue weighted by atomic mass is 16.5. The minimum atomic E-state index is -0.545. The van der Waals surface area contributed by atoms with Crippen molar-refractivity contribution >= 4 is 23.4 Å². The topological polar surface area (TPSA) is 76.7 Å². The van der Waals surface area contributed by atoms with Gasteiger partial charge in [0.15, 0.2) is 6.61 Å². The normalized spacial score (nSPS) is 9.96. The van der Waals surface area contributed by atoms with Gasteiger partial charge in [0.2, 0.25) is 0 Å². The second-order valence-electron chi connectivity index (χ2n) is 5.30. The smallest absolute Gasteiger partial charge is 0.411 e. The van der Waals surface area contributed by atoms with Crippen molar-refractivity contribution in [3.63, 3.8) is 0 Å². The van der Waals surface area contributed by atoms with E-state index in [-0.39, 0.29) is 12.5 Å². The second-order valence-corrected chi connectivity index (χ2v) is 5.30. The highest BCUT2D eigenvalue weighted by molar-refractivity contribution is 5.92. The predicted molar refractivity (Wildman–Crippen MR) is 92.5 cm³/mol. The van der Waals surface area contributed by atoms with Gasteiger partial charge in [-0.25, -0.2) is 4.79 Å². The number of amides is 2. The summed E-state index contributed by atoms with van der Waals surface area (Å²) in [5.41, 5.74) is 3.49. The van der Waals surface area contributed by atoms with Gasteiger partial charge in [-0.05, 0) is 49.7 Å². The summed E-state index contributed by atoms with van der Waals surface area (Å²) in [5.74, 6) is 0.292. The highest BCUT2D eigenvalue weighted by Crippen LogP contribution is 2.17. The predicted octanol–water partition coefficient (Wildman–Crippen LogP) is 3.50. The first kappa shape index (κ1) is 17.3. The first-order valence-electron chi connectivity index (χ1n) is 7.43. The molecule has 0 spiro atoms. The molecule has 0 fully saturated rings. The average Bonchev–Trinajstić information content (AvgIpc) is 2.56. The molecule has 0 aliphatic heterocycles. The third kappa shape index (κ3) is 5.01. The van der Waals surface area contributed by atoms with Gasteiger partial charge in [-0.1, -0.05) is 17.7 Å². The van der Waals surface area contributed by atoms with Crippen LogP contribution in [-0.2, 0) is 9.53 Å². The minimum absolute atomic E-state index is 0.100. The van der Waals surface area contributed by atoms with Crippen molar-refractivity contribution in [2.45, 2.75) is 13.8 Å². The lowest BCUT2D eigenvalue weighted by molar-refractivity contribution is -0.118. The fraction of sp³-hybridized carbons (Fsp3) is 0.222. The fourth-order valence-electron chi connectivity index (χ4n) is 2.09. The van der Waals surface area contributed by atoms with Gasteiger partial charge in [0.05, 0.1) is 7.11 Å². The lowest BCUT2D eigenvalue weighted by Gasteiger charge is -2.10. The van der Waals surface area contributed by atoms with Gasteiger partial charge in [-0.2, -0.15) is 0 Å². The van der Waals surface area contributed by atoms with Gasteiger partial charge in [0, 0.05) is 11.4 Å². The Hall–Kier alpha value is -3.02. The van der Waals surface area contributed by atoms with Crippen LogP contribution in [0.2, 0.25) is 0 Å². The molecule has 0 saturated heterocycles. The molecule has 0 aliphatic carbocycles. The molecule has 0 radical (unpaired) electrons.